The average molecular weight is 292 g/mol. The Kier molecular flexibility index (Phi) is 4.55. The Labute approximate surface area is 119 Å². The van der Waals surface area contributed by atoms with E-state index in [9.17, 15) is 14.0 Å². The molecule has 0 aliphatic rings. The summed E-state index contributed by atoms with van der Waals surface area (Å²) in [6.45, 7) is 1.81. The van der Waals surface area contributed by atoms with E-state index in [0.29, 0.717) is 0 Å². The molecule has 0 aliphatic heterocycles. The van der Waals surface area contributed by atoms with Crippen LogP contribution in [-0.2, 0) is 4.74 Å². The van der Waals surface area contributed by atoms with Crippen molar-refractivity contribution in [2.24, 2.45) is 0 Å². The second kappa shape index (κ2) is 6.56. The Hall–Kier alpha value is -2.83. The molecule has 0 aliphatic carbocycles. The number of carbonyl (C=O) groups is 2. The van der Waals surface area contributed by atoms with Crippen LogP contribution in [0, 0.1) is 5.82 Å². The van der Waals surface area contributed by atoms with Gasteiger partial charge in [-0.15, -0.1) is 0 Å². The largest absolute Gasteiger partial charge is 0.451 e. The molecule has 2 aromatic rings. The number of carbonyl (C=O) groups excluding carboxylic acids is 2. The van der Waals surface area contributed by atoms with Gasteiger partial charge >= 0.3 is 12.0 Å². The number of benzene rings is 1. The Morgan fingerprint density at radius 2 is 1.95 bits per heavy atom. The first-order valence-electron chi connectivity index (χ1n) is 6.19. The van der Waals surface area contributed by atoms with E-state index in [1.54, 1.807) is 19.1 Å². The van der Waals surface area contributed by atoms with E-state index >= 15 is 0 Å². The van der Waals surface area contributed by atoms with Gasteiger partial charge < -0.3 is 9.15 Å². The first-order chi connectivity index (χ1) is 10.1. The molecule has 2 amide bonds. The SMILES string of the molecule is CCOC(=O)NNC(=O)c1ccc(-c2ccccc2F)o1. The summed E-state index contributed by atoms with van der Waals surface area (Å²) in [6, 6.07) is 8.88. The molecule has 21 heavy (non-hydrogen) atoms. The van der Waals surface area contributed by atoms with Gasteiger partial charge in [0.2, 0.25) is 0 Å². The predicted octanol–water partition coefficient (Wildman–Crippen LogP) is 2.48. The first-order valence-corrected chi connectivity index (χ1v) is 6.19. The van der Waals surface area contributed by atoms with Gasteiger partial charge in [0.15, 0.2) is 5.76 Å². The van der Waals surface area contributed by atoms with E-state index in [-0.39, 0.29) is 23.7 Å². The van der Waals surface area contributed by atoms with Crippen molar-refractivity contribution < 1.29 is 23.1 Å². The van der Waals surface area contributed by atoms with Gasteiger partial charge in [-0.1, -0.05) is 12.1 Å². The molecule has 0 fully saturated rings. The topological polar surface area (TPSA) is 80.6 Å². The van der Waals surface area contributed by atoms with E-state index in [1.165, 1.54) is 24.3 Å². The lowest BCUT2D eigenvalue weighted by Crippen LogP contribution is -2.41. The summed E-state index contributed by atoms with van der Waals surface area (Å²) < 4.78 is 23.4. The standard InChI is InChI=1S/C14H13FN2O4/c1-2-20-14(19)17-16-13(18)12-8-7-11(21-12)9-5-3-4-6-10(9)15/h3-8H,2H2,1H3,(H,16,18)(H,17,19). The number of amides is 2. The van der Waals surface area contributed by atoms with E-state index in [2.05, 4.69) is 10.2 Å². The van der Waals surface area contributed by atoms with Gasteiger partial charge in [0.05, 0.1) is 12.2 Å². The fraction of sp³-hybridized carbons (Fsp3) is 0.143. The molecule has 7 heteroatoms. The van der Waals surface area contributed by atoms with Crippen LogP contribution in [0.25, 0.3) is 11.3 Å². The minimum Gasteiger partial charge on any atom is -0.451 e. The van der Waals surface area contributed by atoms with Gasteiger partial charge in [0, 0.05) is 0 Å². The van der Waals surface area contributed by atoms with Crippen molar-refractivity contribution in [1.29, 1.82) is 0 Å². The van der Waals surface area contributed by atoms with Crippen molar-refractivity contribution in [2.45, 2.75) is 6.92 Å². The van der Waals surface area contributed by atoms with Crippen LogP contribution >= 0.6 is 0 Å². The number of furan rings is 1. The van der Waals surface area contributed by atoms with Crippen molar-refractivity contribution in [2.75, 3.05) is 6.61 Å². The highest BCUT2D eigenvalue weighted by atomic mass is 19.1. The quantitative estimate of drug-likeness (QED) is 0.852. The smallest absolute Gasteiger partial charge is 0.426 e. The van der Waals surface area contributed by atoms with E-state index in [1.807, 2.05) is 5.43 Å². The second-order valence-electron chi connectivity index (χ2n) is 3.94. The highest BCUT2D eigenvalue weighted by Crippen LogP contribution is 2.24. The van der Waals surface area contributed by atoms with Crippen molar-refractivity contribution in [3.05, 3.63) is 48.0 Å². The Balaban J connectivity index is 2.05. The third-order valence-corrected chi connectivity index (χ3v) is 2.52. The molecule has 1 aromatic carbocycles. The number of halogens is 1. The highest BCUT2D eigenvalue weighted by molar-refractivity contribution is 5.92. The summed E-state index contributed by atoms with van der Waals surface area (Å²) >= 11 is 0. The lowest BCUT2D eigenvalue weighted by Gasteiger charge is -2.05. The molecule has 6 nitrogen and oxygen atoms in total. The second-order valence-corrected chi connectivity index (χ2v) is 3.94. The van der Waals surface area contributed by atoms with Crippen molar-refractivity contribution in [3.63, 3.8) is 0 Å². The maximum atomic E-state index is 13.6. The van der Waals surface area contributed by atoms with Gasteiger partial charge in [-0.3, -0.25) is 10.2 Å². The molecule has 0 saturated heterocycles. The van der Waals surface area contributed by atoms with Crippen LogP contribution in [0.4, 0.5) is 9.18 Å². The van der Waals surface area contributed by atoms with Crippen LogP contribution in [0.3, 0.4) is 0 Å². The van der Waals surface area contributed by atoms with Crippen molar-refractivity contribution in [3.8, 4) is 11.3 Å². The number of nitrogens with one attached hydrogen (secondary N) is 2. The minimum absolute atomic E-state index is 0.0648. The molecular formula is C14H13FN2O4. The van der Waals surface area contributed by atoms with E-state index in [4.69, 9.17) is 4.42 Å². The van der Waals surface area contributed by atoms with Crippen LogP contribution in [0.2, 0.25) is 0 Å². The first kappa shape index (κ1) is 14.6. The van der Waals surface area contributed by atoms with E-state index in [0.717, 1.165) is 0 Å². The van der Waals surface area contributed by atoms with Gasteiger partial charge in [0.1, 0.15) is 11.6 Å². The molecule has 1 aromatic heterocycles. The molecule has 0 atom stereocenters. The van der Waals surface area contributed by atoms with Crippen LogP contribution in [0.5, 0.6) is 0 Å². The zero-order valence-corrected chi connectivity index (χ0v) is 11.2. The Bertz CT molecular complexity index is 654. The lowest BCUT2D eigenvalue weighted by atomic mass is 10.1. The van der Waals surface area contributed by atoms with Crippen LogP contribution < -0.4 is 10.9 Å². The molecule has 2 N–H and O–H groups in total. The van der Waals surface area contributed by atoms with Crippen molar-refractivity contribution in [1.82, 2.24) is 10.9 Å². The molecule has 110 valence electrons. The van der Waals surface area contributed by atoms with Crippen LogP contribution in [0.1, 0.15) is 17.5 Å². The molecule has 0 unspecified atom stereocenters. The van der Waals surface area contributed by atoms with Gasteiger partial charge in [-0.05, 0) is 31.2 Å². The monoisotopic (exact) mass is 292 g/mol. The molecule has 1 heterocycles. The Morgan fingerprint density at radius 1 is 1.19 bits per heavy atom. The predicted molar refractivity (Wildman–Crippen MR) is 71.7 cm³/mol. The maximum absolute atomic E-state index is 13.6. The summed E-state index contributed by atoms with van der Waals surface area (Å²) in [4.78, 5) is 22.7. The molecule has 0 saturated carbocycles. The number of ether oxygens (including phenoxy) is 1. The minimum atomic E-state index is -0.785. The van der Waals surface area contributed by atoms with Crippen LogP contribution in [0.15, 0.2) is 40.8 Å². The molecule has 0 spiro atoms. The average Bonchev–Trinajstić information content (AvgIpc) is 2.95. The van der Waals surface area contributed by atoms with Gasteiger partial charge in [-0.2, -0.15) is 0 Å². The molecule has 0 bridgehead atoms. The summed E-state index contributed by atoms with van der Waals surface area (Å²) in [5.74, 6) is -0.978. The van der Waals surface area contributed by atoms with Crippen LogP contribution in [-0.4, -0.2) is 18.6 Å². The molecular weight excluding hydrogens is 279 g/mol. The molecule has 2 rings (SSSR count). The normalized spacial score (nSPS) is 10.0. The van der Waals surface area contributed by atoms with Crippen molar-refractivity contribution >= 4 is 12.0 Å². The fourth-order valence-corrected chi connectivity index (χ4v) is 1.60. The van der Waals surface area contributed by atoms with Gasteiger partial charge in [0.25, 0.3) is 0 Å². The van der Waals surface area contributed by atoms with Gasteiger partial charge in [-0.25, -0.2) is 14.6 Å². The summed E-state index contributed by atoms with van der Waals surface area (Å²) in [5, 5.41) is 0. The number of hydrogen-bond donors (Lipinski definition) is 2. The number of hydrogen-bond acceptors (Lipinski definition) is 4. The summed E-state index contributed by atoms with van der Waals surface area (Å²) in [5.41, 5.74) is 4.40. The number of hydrazine groups is 1. The summed E-state index contributed by atoms with van der Waals surface area (Å²) in [7, 11) is 0. The summed E-state index contributed by atoms with van der Waals surface area (Å²) in [6.07, 6.45) is -0.785. The zero-order valence-electron chi connectivity index (χ0n) is 11.2. The molecule has 0 radical (unpaired) electrons. The fourth-order valence-electron chi connectivity index (χ4n) is 1.60. The van der Waals surface area contributed by atoms with E-state index < -0.39 is 17.8 Å². The third kappa shape index (κ3) is 3.59. The Morgan fingerprint density at radius 3 is 2.67 bits per heavy atom. The lowest BCUT2D eigenvalue weighted by molar-refractivity contribution is 0.0886. The number of rotatable bonds is 3. The highest BCUT2D eigenvalue weighted by Gasteiger charge is 2.14. The third-order valence-electron chi connectivity index (χ3n) is 2.52. The maximum Gasteiger partial charge on any atom is 0.426 e. The zero-order chi connectivity index (χ0) is 15.2.